The summed E-state index contributed by atoms with van der Waals surface area (Å²) >= 11 is 0. The van der Waals surface area contributed by atoms with E-state index in [-0.39, 0.29) is 0 Å². The Balaban J connectivity index is 0.000000266. The summed E-state index contributed by atoms with van der Waals surface area (Å²) in [5, 5.41) is 5.73. The van der Waals surface area contributed by atoms with Crippen molar-refractivity contribution < 1.29 is 28.4 Å². The second-order valence-electron chi connectivity index (χ2n) is 10.1. The molecule has 0 amide bonds. The molecule has 5 aromatic carbocycles. The fourth-order valence-electron chi connectivity index (χ4n) is 5.09. The van der Waals surface area contributed by atoms with Gasteiger partial charge >= 0.3 is 0 Å². The summed E-state index contributed by atoms with van der Waals surface area (Å²) in [4.78, 5) is 0. The number of aryl methyl sites for hydroxylation is 1. The van der Waals surface area contributed by atoms with Crippen LogP contribution < -0.4 is 54.9 Å². The lowest BCUT2D eigenvalue weighted by Crippen LogP contribution is -2.25. The maximum atomic E-state index is 5.80. The molecule has 0 aliphatic rings. The topological polar surface area (TPSA) is 55.4 Å². The first-order valence-corrected chi connectivity index (χ1v) is 17.1. The van der Waals surface area contributed by atoms with Gasteiger partial charge in [0.15, 0.2) is 34.5 Å². The molecule has 0 fully saturated rings. The highest BCUT2D eigenvalue weighted by atomic mass is 31.1. The minimum Gasteiger partial charge on any atom is -0.493 e. The van der Waals surface area contributed by atoms with E-state index in [4.69, 9.17) is 28.4 Å². The third kappa shape index (κ3) is 7.76. The maximum Gasteiger partial charge on any atom is 0.169 e. The van der Waals surface area contributed by atoms with Gasteiger partial charge in [-0.25, -0.2) is 0 Å². The van der Waals surface area contributed by atoms with Gasteiger partial charge in [0.25, 0.3) is 0 Å². The van der Waals surface area contributed by atoms with Crippen LogP contribution in [0.25, 0.3) is 0 Å². The lowest BCUT2D eigenvalue weighted by atomic mass is 10.1. The Labute approximate surface area is 276 Å². The van der Waals surface area contributed by atoms with Gasteiger partial charge in [-0.05, 0) is 79.9 Å². The molecule has 0 saturated heterocycles. The Morgan fingerprint density at radius 2 is 0.848 bits per heavy atom. The average Bonchev–Trinajstić information content (AvgIpc) is 3.10. The minimum absolute atomic E-state index is 0.649. The molecular weight excluding hydrogens is 614 g/mol. The average molecular weight is 657 g/mol. The van der Waals surface area contributed by atoms with Crippen LogP contribution >= 0.6 is 16.5 Å². The summed E-state index contributed by atoms with van der Waals surface area (Å²) in [5.74, 6) is 3.92. The molecule has 0 heterocycles. The maximum absolute atomic E-state index is 5.80. The fraction of sp³-hybridized carbons (Fsp3) is 0.211. The van der Waals surface area contributed by atoms with Crippen molar-refractivity contribution >= 4 is 43.0 Å². The van der Waals surface area contributed by atoms with Crippen LogP contribution in [-0.2, 0) is 0 Å². The van der Waals surface area contributed by atoms with E-state index in [1.165, 1.54) is 21.7 Å². The summed E-state index contributed by atoms with van der Waals surface area (Å²) in [6.45, 7) is 4.38. The van der Waals surface area contributed by atoms with E-state index < -0.39 is 7.92 Å². The number of benzene rings is 5. The SMILES string of the molecule is COc1cccc(P(c2cccc(OC)c2OC)c2cccc(OC)c2OC)c1OC.Cc1cccc(Pc2ccccc2)c1C. The van der Waals surface area contributed by atoms with Crippen LogP contribution in [0.5, 0.6) is 34.5 Å². The van der Waals surface area contributed by atoms with Crippen LogP contribution in [-0.4, -0.2) is 42.7 Å². The highest BCUT2D eigenvalue weighted by molar-refractivity contribution is 7.80. The van der Waals surface area contributed by atoms with Gasteiger partial charge < -0.3 is 28.4 Å². The van der Waals surface area contributed by atoms with Gasteiger partial charge in [-0.3, -0.25) is 0 Å². The third-order valence-corrected chi connectivity index (χ3v) is 11.5. The Morgan fingerprint density at radius 1 is 0.435 bits per heavy atom. The lowest BCUT2D eigenvalue weighted by Gasteiger charge is -2.26. The van der Waals surface area contributed by atoms with Gasteiger partial charge in [-0.2, -0.15) is 0 Å². The summed E-state index contributed by atoms with van der Waals surface area (Å²) in [7, 11) is 9.36. The molecule has 0 saturated carbocycles. The first kappa shape index (κ1) is 34.6. The van der Waals surface area contributed by atoms with E-state index in [0.717, 1.165) is 24.5 Å². The number of para-hydroxylation sites is 3. The van der Waals surface area contributed by atoms with Crippen molar-refractivity contribution in [1.82, 2.24) is 0 Å². The third-order valence-electron chi connectivity index (χ3n) is 7.53. The summed E-state index contributed by atoms with van der Waals surface area (Å²) in [6.07, 6.45) is 0. The van der Waals surface area contributed by atoms with Gasteiger partial charge in [0.05, 0.1) is 42.7 Å². The minimum atomic E-state index is -1.21. The molecule has 5 aromatic rings. The predicted octanol–water partition coefficient (Wildman–Crippen LogP) is 6.43. The zero-order valence-electron chi connectivity index (χ0n) is 27.7. The first-order chi connectivity index (χ1) is 22.4. The van der Waals surface area contributed by atoms with Crippen molar-refractivity contribution in [2.45, 2.75) is 13.8 Å². The molecule has 1 unspecified atom stereocenters. The van der Waals surface area contributed by atoms with Gasteiger partial charge in [0.2, 0.25) is 0 Å². The number of ether oxygens (including phenoxy) is 6. The van der Waals surface area contributed by atoms with Gasteiger partial charge in [-0.15, -0.1) is 0 Å². The van der Waals surface area contributed by atoms with Crippen molar-refractivity contribution in [3.05, 3.63) is 114 Å². The van der Waals surface area contributed by atoms with E-state index in [9.17, 15) is 0 Å². The standard InChI is InChI=1S/C24H27O6P.C14H15P/c1-25-16-10-7-13-19(22(16)28-4)31(20-14-8-11-17(26-2)23(20)29-5)21-15-9-12-18(27-3)24(21)30-6;1-11-7-6-10-14(12(11)2)15-13-8-4-3-5-9-13/h7-15H,1-6H3;3-10,15H,1-2H3. The highest BCUT2D eigenvalue weighted by Gasteiger charge is 2.30. The van der Waals surface area contributed by atoms with Crippen molar-refractivity contribution in [3.8, 4) is 34.5 Å². The molecule has 0 bridgehead atoms. The smallest absolute Gasteiger partial charge is 0.169 e. The molecule has 5 rings (SSSR count). The molecule has 0 N–H and O–H groups in total. The van der Waals surface area contributed by atoms with E-state index in [1.54, 1.807) is 42.7 Å². The molecule has 46 heavy (non-hydrogen) atoms. The Hall–Kier alpha value is -4.24. The van der Waals surface area contributed by atoms with Gasteiger partial charge in [0, 0.05) is 15.9 Å². The molecule has 0 aromatic heterocycles. The molecule has 0 aliphatic carbocycles. The van der Waals surface area contributed by atoms with Crippen LogP contribution in [0.4, 0.5) is 0 Å². The summed E-state index contributed by atoms with van der Waals surface area (Å²) in [5.41, 5.74) is 2.82. The molecule has 0 radical (unpaired) electrons. The molecule has 0 spiro atoms. The molecule has 240 valence electrons. The fourth-order valence-corrected chi connectivity index (χ4v) is 9.02. The number of methoxy groups -OCH3 is 6. The normalized spacial score (nSPS) is 10.7. The van der Waals surface area contributed by atoms with E-state index in [2.05, 4.69) is 62.4 Å². The highest BCUT2D eigenvalue weighted by Crippen LogP contribution is 2.47. The quantitative estimate of drug-likeness (QED) is 0.153. The van der Waals surface area contributed by atoms with Crippen LogP contribution in [0.3, 0.4) is 0 Å². The molecule has 6 nitrogen and oxygen atoms in total. The first-order valence-electron chi connectivity index (χ1n) is 14.7. The predicted molar refractivity (Wildman–Crippen MR) is 194 cm³/mol. The number of rotatable bonds is 11. The zero-order valence-corrected chi connectivity index (χ0v) is 29.6. The Bertz CT molecular complexity index is 1590. The largest absolute Gasteiger partial charge is 0.493 e. The Kier molecular flexibility index (Phi) is 12.7. The van der Waals surface area contributed by atoms with Gasteiger partial charge in [0.1, 0.15) is 0 Å². The summed E-state index contributed by atoms with van der Waals surface area (Å²) < 4.78 is 34.1. The molecule has 1 atom stereocenters. The molecule has 8 heteroatoms. The van der Waals surface area contributed by atoms with Crippen molar-refractivity contribution in [2.24, 2.45) is 0 Å². The van der Waals surface area contributed by atoms with E-state index >= 15 is 0 Å². The van der Waals surface area contributed by atoms with Gasteiger partial charge in [-0.1, -0.05) is 75.3 Å². The number of hydrogen-bond donors (Lipinski definition) is 0. The van der Waals surface area contributed by atoms with Crippen molar-refractivity contribution in [1.29, 1.82) is 0 Å². The lowest BCUT2D eigenvalue weighted by molar-refractivity contribution is 0.356. The van der Waals surface area contributed by atoms with E-state index in [1.807, 2.05) is 54.6 Å². The Morgan fingerprint density at radius 3 is 1.24 bits per heavy atom. The second kappa shape index (κ2) is 16.9. The zero-order chi connectivity index (χ0) is 33.1. The van der Waals surface area contributed by atoms with Crippen LogP contribution in [0.2, 0.25) is 0 Å². The van der Waals surface area contributed by atoms with E-state index in [0.29, 0.717) is 34.5 Å². The molecular formula is C38H42O6P2. The summed E-state index contributed by atoms with van der Waals surface area (Å²) in [6, 6.07) is 34.8. The number of hydrogen-bond acceptors (Lipinski definition) is 6. The molecule has 0 aliphatic heterocycles. The van der Waals surface area contributed by atoms with Crippen LogP contribution in [0.15, 0.2) is 103 Å². The van der Waals surface area contributed by atoms with Crippen molar-refractivity contribution in [2.75, 3.05) is 42.7 Å². The second-order valence-corrected chi connectivity index (χ2v) is 13.6. The monoisotopic (exact) mass is 656 g/mol. The van der Waals surface area contributed by atoms with Crippen molar-refractivity contribution in [3.63, 3.8) is 0 Å². The van der Waals surface area contributed by atoms with Crippen LogP contribution in [0.1, 0.15) is 11.1 Å². The van der Waals surface area contributed by atoms with Crippen LogP contribution in [0, 0.1) is 13.8 Å².